The van der Waals surface area contributed by atoms with E-state index in [0.717, 1.165) is 11.1 Å². The summed E-state index contributed by atoms with van der Waals surface area (Å²) >= 11 is 0. The number of rotatable bonds is 8. The van der Waals surface area contributed by atoms with Crippen molar-refractivity contribution in [2.45, 2.75) is 93.2 Å². The predicted molar refractivity (Wildman–Crippen MR) is 252 cm³/mol. The molecule has 0 aliphatic heterocycles. The fraction of sp³-hybridized carbons (Fsp3) is 0.250. The third-order valence-electron chi connectivity index (χ3n) is 11.0. The van der Waals surface area contributed by atoms with E-state index in [1.54, 1.807) is 63.5 Å². The Morgan fingerprint density at radius 3 is 2.08 bits per heavy atom. The molecule has 2 heterocycles. The Kier molecular flexibility index (Phi) is 8.52. The van der Waals surface area contributed by atoms with Crippen LogP contribution in [0.15, 0.2) is 121 Å². The number of phenols is 1. The van der Waals surface area contributed by atoms with Crippen LogP contribution < -0.4 is 0 Å². The quantitative estimate of drug-likeness (QED) is 0.154. The van der Waals surface area contributed by atoms with Crippen molar-refractivity contribution in [3.63, 3.8) is 0 Å². The van der Waals surface area contributed by atoms with E-state index in [-0.39, 0.29) is 37.9 Å². The molecule has 8 aromatic rings. The van der Waals surface area contributed by atoms with Crippen LogP contribution in [0.25, 0.3) is 72.7 Å². The fourth-order valence-electron chi connectivity index (χ4n) is 7.63. The van der Waals surface area contributed by atoms with Crippen LogP contribution in [0.3, 0.4) is 0 Å². The molecule has 0 aliphatic carbocycles. The van der Waals surface area contributed by atoms with Crippen molar-refractivity contribution in [3.05, 3.63) is 166 Å². The van der Waals surface area contributed by atoms with Crippen molar-refractivity contribution in [2.75, 3.05) is 0 Å². The first-order valence-electron chi connectivity index (χ1n) is 26.0. The van der Waals surface area contributed by atoms with E-state index >= 15 is 0 Å². The van der Waals surface area contributed by atoms with Gasteiger partial charge < -0.3 is 5.11 Å². The molecule has 4 nitrogen and oxygen atoms in total. The second-order valence-corrected chi connectivity index (χ2v) is 17.1. The Bertz CT molecular complexity index is 3420. The summed E-state index contributed by atoms with van der Waals surface area (Å²) in [5.41, 5.74) is 8.04. The normalized spacial score (nSPS) is 15.4. The summed E-state index contributed by atoms with van der Waals surface area (Å²) in [6.07, 6.45) is 1.49. The zero-order chi connectivity index (χ0) is 52.9. The van der Waals surface area contributed by atoms with Crippen molar-refractivity contribution >= 4 is 11.0 Å². The summed E-state index contributed by atoms with van der Waals surface area (Å²) in [6, 6.07) is 28.5. The van der Waals surface area contributed by atoms with E-state index in [2.05, 4.69) is 31.8 Å². The van der Waals surface area contributed by atoms with Gasteiger partial charge in [0, 0.05) is 43.9 Å². The Hall–Kier alpha value is -5.57. The summed E-state index contributed by atoms with van der Waals surface area (Å²) in [5, 5.41) is 11.8. The monoisotopic (exact) mass is 993 g/mol. The standard InChI is InChI=1S/C56H56N3O.Pt/c1-33(2)42-26-43(34(3)4)28-44(27-42)40-19-20-51(37(7)25-40)59-52-14-12-13-48(53(52)58-55(59)49-24-36(6)23-38(8)54(49)60)45-29-46(31-47(30-45)56(9,10)11)50-32-41(21-22-57-50)39-17-15-35(5)16-18-39;/h12-28,30-34,60H,1-11H3;/q-1;/i5D3,7D3,15D,16D,17D,18D,33D,34D;. The van der Waals surface area contributed by atoms with Crippen molar-refractivity contribution in [3.8, 4) is 67.5 Å². The Morgan fingerprint density at radius 2 is 1.41 bits per heavy atom. The summed E-state index contributed by atoms with van der Waals surface area (Å²) in [6.45, 7) is 11.5. The molecule has 0 bridgehead atoms. The van der Waals surface area contributed by atoms with E-state index in [1.165, 1.54) is 6.20 Å². The van der Waals surface area contributed by atoms with Crippen LogP contribution in [0, 0.1) is 33.6 Å². The Labute approximate surface area is 393 Å². The number of nitrogens with zero attached hydrogens (tertiary/aromatic N) is 3. The number of benzene rings is 6. The molecule has 312 valence electrons. The number of aromatic hydroxyl groups is 1. The molecule has 0 amide bonds. The first kappa shape index (κ1) is 30.5. The van der Waals surface area contributed by atoms with Gasteiger partial charge in [-0.2, -0.15) is 0 Å². The zero-order valence-electron chi connectivity index (χ0n) is 47.8. The number of pyridine rings is 1. The van der Waals surface area contributed by atoms with Gasteiger partial charge in [0.2, 0.25) is 0 Å². The number of para-hydroxylation sites is 1. The van der Waals surface area contributed by atoms with E-state index in [0.29, 0.717) is 83.9 Å². The van der Waals surface area contributed by atoms with Gasteiger partial charge in [-0.1, -0.05) is 138 Å². The minimum absolute atomic E-state index is 0. The molecule has 61 heavy (non-hydrogen) atoms. The van der Waals surface area contributed by atoms with Crippen molar-refractivity contribution in [1.29, 1.82) is 0 Å². The van der Waals surface area contributed by atoms with Crippen LogP contribution in [0.1, 0.15) is 116 Å². The number of phenolic OH excluding ortho intramolecular Hbond substituents is 1. The summed E-state index contributed by atoms with van der Waals surface area (Å²) in [4.78, 5) is 9.97. The Morgan fingerprint density at radius 1 is 0.705 bits per heavy atom. The van der Waals surface area contributed by atoms with Crippen LogP contribution in [0.2, 0.25) is 0 Å². The number of aryl methyl sites for hydroxylation is 3. The second-order valence-electron chi connectivity index (χ2n) is 17.1. The molecule has 0 aliphatic rings. The molecule has 5 heteroatoms. The predicted octanol–water partition coefficient (Wildman–Crippen LogP) is 15.0. The van der Waals surface area contributed by atoms with Crippen LogP contribution in [-0.2, 0) is 26.5 Å². The molecule has 1 N–H and O–H groups in total. The minimum atomic E-state index is -2.86. The fourth-order valence-corrected chi connectivity index (χ4v) is 7.63. The number of aromatic nitrogens is 3. The van der Waals surface area contributed by atoms with Crippen LogP contribution in [0.5, 0.6) is 5.75 Å². The maximum Gasteiger partial charge on any atom is 0.148 e. The average molecular weight is 994 g/mol. The molecule has 8 rings (SSSR count). The molecule has 0 unspecified atom stereocenters. The first-order valence-corrected chi connectivity index (χ1v) is 20.0. The number of fused-ring (bicyclic) bond motifs is 1. The van der Waals surface area contributed by atoms with Crippen molar-refractivity contribution in [2.24, 2.45) is 0 Å². The summed E-state index contributed by atoms with van der Waals surface area (Å²) in [5.74, 6) is -1.72. The SMILES string of the molecule is [2H]c1c([2H])c(C([2H])([2H])[2H])c([2H])c([2H])c1-c1ccnc(-c2[c-]c(-c3cccc4c3nc(-c3cc(C)cc(C)c3O)n4-c3ccc(-c4cc(C([2H])(C)C)cc(C([2H])(C)C)c4)cc3C([2H])([2H])[2H])cc(C(C)(C)C)c2)c1.[Pt]. The van der Waals surface area contributed by atoms with Crippen LogP contribution >= 0.6 is 0 Å². The third-order valence-corrected chi connectivity index (χ3v) is 11.0. The van der Waals surface area contributed by atoms with Gasteiger partial charge in [-0.25, -0.2) is 4.98 Å². The molecule has 2 aromatic heterocycles. The summed E-state index contributed by atoms with van der Waals surface area (Å²) in [7, 11) is 0. The Balaban J connectivity index is 0.00000780. The molecule has 0 radical (unpaired) electrons. The largest absolute Gasteiger partial charge is 0.507 e. The molecular weight excluding hydrogens is 926 g/mol. The number of hydrogen-bond acceptors (Lipinski definition) is 3. The average Bonchev–Trinajstić information content (AvgIpc) is 3.67. The molecule has 0 fully saturated rings. The van der Waals surface area contributed by atoms with E-state index in [1.807, 2.05) is 73.7 Å². The van der Waals surface area contributed by atoms with Gasteiger partial charge in [0.25, 0.3) is 0 Å². The van der Waals surface area contributed by atoms with Crippen LogP contribution in [0.4, 0.5) is 0 Å². The van der Waals surface area contributed by atoms with Gasteiger partial charge in [-0.05, 0) is 125 Å². The minimum Gasteiger partial charge on any atom is -0.507 e. The third kappa shape index (κ3) is 8.66. The maximum absolute atomic E-state index is 11.8. The van der Waals surface area contributed by atoms with Crippen molar-refractivity contribution < 1.29 is 42.6 Å². The molecule has 0 saturated heterocycles. The van der Waals surface area contributed by atoms with Crippen LogP contribution in [-0.4, -0.2) is 19.6 Å². The topological polar surface area (TPSA) is 50.9 Å². The van der Waals surface area contributed by atoms with Gasteiger partial charge in [-0.15, -0.1) is 29.3 Å². The van der Waals surface area contributed by atoms with Gasteiger partial charge in [0.15, 0.2) is 0 Å². The molecule has 0 spiro atoms. The van der Waals surface area contributed by atoms with Gasteiger partial charge >= 0.3 is 0 Å². The van der Waals surface area contributed by atoms with Gasteiger partial charge in [-0.3, -0.25) is 9.55 Å². The number of hydrogen-bond donors (Lipinski definition) is 1. The first-order chi connectivity index (χ1) is 33.2. The summed E-state index contributed by atoms with van der Waals surface area (Å²) < 4.78 is 105. The molecule has 6 aromatic carbocycles. The van der Waals surface area contributed by atoms with Gasteiger partial charge in [0.05, 0.1) is 27.8 Å². The zero-order valence-corrected chi connectivity index (χ0v) is 38.1. The van der Waals surface area contributed by atoms with E-state index in [9.17, 15) is 5.11 Å². The molecule has 0 atom stereocenters. The molecular formula is C56H56N3OPt-. The smallest absolute Gasteiger partial charge is 0.148 e. The van der Waals surface area contributed by atoms with E-state index < -0.39 is 60.6 Å². The number of imidazole rings is 1. The molecule has 0 saturated carbocycles. The second kappa shape index (κ2) is 17.1. The van der Waals surface area contributed by atoms with E-state index in [4.69, 9.17) is 21.4 Å². The van der Waals surface area contributed by atoms with Crippen molar-refractivity contribution in [1.82, 2.24) is 14.5 Å². The van der Waals surface area contributed by atoms with Gasteiger partial charge in [0.1, 0.15) is 11.6 Å². The maximum atomic E-state index is 11.8.